The highest BCUT2D eigenvalue weighted by Gasteiger charge is 1.96. The Bertz CT molecular complexity index is 430. The summed E-state index contributed by atoms with van der Waals surface area (Å²) in [4.78, 5) is 4.26. The normalized spacial score (nSPS) is 10.3. The second kappa shape index (κ2) is 4.13. The van der Waals surface area contributed by atoms with E-state index in [1.807, 2.05) is 44.7 Å². The zero-order valence-electron chi connectivity index (χ0n) is 8.94. The first-order valence-corrected chi connectivity index (χ1v) is 4.88. The first kappa shape index (κ1) is 9.71. The lowest BCUT2D eigenvalue weighted by Crippen LogP contribution is -2.00. The van der Waals surface area contributed by atoms with Gasteiger partial charge in [-0.3, -0.25) is 4.68 Å². The van der Waals surface area contributed by atoms with Crippen LogP contribution in [-0.4, -0.2) is 14.8 Å². The molecule has 0 saturated heterocycles. The van der Waals surface area contributed by atoms with Crippen molar-refractivity contribution < 1.29 is 0 Å². The maximum atomic E-state index is 4.26. The summed E-state index contributed by atoms with van der Waals surface area (Å²) >= 11 is 0. The summed E-state index contributed by atoms with van der Waals surface area (Å²) in [7, 11) is 1.91. The Kier molecular flexibility index (Phi) is 2.67. The molecule has 78 valence electrons. The average molecular weight is 202 g/mol. The minimum absolute atomic E-state index is 0.754. The maximum Gasteiger partial charge on any atom is 0.126 e. The van der Waals surface area contributed by atoms with E-state index in [9.17, 15) is 0 Å². The molecule has 0 bridgehead atoms. The topological polar surface area (TPSA) is 42.7 Å². The van der Waals surface area contributed by atoms with Crippen LogP contribution in [0.4, 0.5) is 5.82 Å². The van der Waals surface area contributed by atoms with Crippen LogP contribution in [0.5, 0.6) is 0 Å². The molecule has 0 unspecified atom stereocenters. The van der Waals surface area contributed by atoms with Gasteiger partial charge in [0.25, 0.3) is 0 Å². The lowest BCUT2D eigenvalue weighted by molar-refractivity contribution is 0.767. The number of hydrogen-bond acceptors (Lipinski definition) is 3. The molecule has 0 amide bonds. The van der Waals surface area contributed by atoms with E-state index in [4.69, 9.17) is 0 Å². The quantitative estimate of drug-likeness (QED) is 0.824. The van der Waals surface area contributed by atoms with Gasteiger partial charge in [-0.2, -0.15) is 5.10 Å². The average Bonchev–Trinajstić information content (AvgIpc) is 2.64. The van der Waals surface area contributed by atoms with E-state index in [1.54, 1.807) is 4.68 Å². The van der Waals surface area contributed by atoms with Crippen molar-refractivity contribution in [1.29, 1.82) is 0 Å². The molecule has 2 heterocycles. The molecule has 0 atom stereocenters. The summed E-state index contributed by atoms with van der Waals surface area (Å²) < 4.78 is 1.79. The van der Waals surface area contributed by atoms with E-state index in [2.05, 4.69) is 15.4 Å². The van der Waals surface area contributed by atoms with Gasteiger partial charge in [-0.1, -0.05) is 6.07 Å². The van der Waals surface area contributed by atoms with Crippen LogP contribution >= 0.6 is 0 Å². The lowest BCUT2D eigenvalue weighted by atomic mass is 10.3. The number of rotatable bonds is 3. The number of aromatic nitrogens is 3. The molecule has 0 fully saturated rings. The van der Waals surface area contributed by atoms with Crippen LogP contribution in [-0.2, 0) is 13.6 Å². The molecule has 0 radical (unpaired) electrons. The van der Waals surface area contributed by atoms with Crippen LogP contribution in [0.25, 0.3) is 0 Å². The minimum Gasteiger partial charge on any atom is -0.366 e. The Hall–Kier alpha value is -1.84. The number of nitrogens with one attached hydrogen (secondary N) is 1. The largest absolute Gasteiger partial charge is 0.366 e. The Morgan fingerprint density at radius 1 is 1.33 bits per heavy atom. The maximum absolute atomic E-state index is 4.26. The lowest BCUT2D eigenvalue weighted by Gasteiger charge is -2.03. The molecule has 1 N–H and O–H groups in total. The number of aryl methyl sites for hydroxylation is 2. The molecule has 2 aromatic rings. The summed E-state index contributed by atoms with van der Waals surface area (Å²) in [5.74, 6) is 0.893. The van der Waals surface area contributed by atoms with E-state index in [-0.39, 0.29) is 0 Å². The highest BCUT2D eigenvalue weighted by Crippen LogP contribution is 2.06. The van der Waals surface area contributed by atoms with Gasteiger partial charge < -0.3 is 5.32 Å². The van der Waals surface area contributed by atoms with Gasteiger partial charge in [0.1, 0.15) is 5.82 Å². The second-order valence-electron chi connectivity index (χ2n) is 3.60. The minimum atomic E-state index is 0.754. The molecule has 0 aromatic carbocycles. The van der Waals surface area contributed by atoms with Gasteiger partial charge in [-0.05, 0) is 18.6 Å². The smallest absolute Gasteiger partial charge is 0.126 e. The fourth-order valence-electron chi connectivity index (χ4n) is 1.33. The predicted molar refractivity (Wildman–Crippen MR) is 59.5 cm³/mol. The Morgan fingerprint density at radius 3 is 2.80 bits per heavy atom. The highest BCUT2D eigenvalue weighted by atomic mass is 15.2. The third-order valence-electron chi connectivity index (χ3n) is 2.14. The van der Waals surface area contributed by atoms with Crippen molar-refractivity contribution in [3.8, 4) is 0 Å². The van der Waals surface area contributed by atoms with Gasteiger partial charge >= 0.3 is 0 Å². The summed E-state index contributed by atoms with van der Waals surface area (Å²) in [6, 6.07) is 4.02. The zero-order chi connectivity index (χ0) is 10.7. The SMILES string of the molecule is Cc1ccc(NCc2cnn(C)c2)nc1. The van der Waals surface area contributed by atoms with Gasteiger partial charge in [0, 0.05) is 31.5 Å². The Labute approximate surface area is 89.0 Å². The van der Waals surface area contributed by atoms with Gasteiger partial charge in [-0.15, -0.1) is 0 Å². The van der Waals surface area contributed by atoms with Crippen LogP contribution in [0.15, 0.2) is 30.7 Å². The molecule has 2 rings (SSSR count). The zero-order valence-corrected chi connectivity index (χ0v) is 8.94. The monoisotopic (exact) mass is 202 g/mol. The van der Waals surface area contributed by atoms with Crippen LogP contribution in [0.2, 0.25) is 0 Å². The molecule has 0 aliphatic rings. The number of anilines is 1. The van der Waals surface area contributed by atoms with Crippen LogP contribution in [0, 0.1) is 6.92 Å². The van der Waals surface area contributed by atoms with E-state index in [0.717, 1.165) is 17.9 Å². The van der Waals surface area contributed by atoms with Gasteiger partial charge in [0.15, 0.2) is 0 Å². The van der Waals surface area contributed by atoms with Crippen molar-refractivity contribution in [2.45, 2.75) is 13.5 Å². The third kappa shape index (κ3) is 2.56. The van der Waals surface area contributed by atoms with Gasteiger partial charge in [-0.25, -0.2) is 4.98 Å². The molecule has 0 spiro atoms. The highest BCUT2D eigenvalue weighted by molar-refractivity contribution is 5.35. The molecule has 15 heavy (non-hydrogen) atoms. The van der Waals surface area contributed by atoms with Gasteiger partial charge in [0.05, 0.1) is 6.20 Å². The predicted octanol–water partition coefficient (Wildman–Crippen LogP) is 1.74. The summed E-state index contributed by atoms with van der Waals surface area (Å²) in [6.45, 7) is 2.78. The Balaban J connectivity index is 1.96. The van der Waals surface area contributed by atoms with Crippen LogP contribution in [0.1, 0.15) is 11.1 Å². The van der Waals surface area contributed by atoms with E-state index in [0.29, 0.717) is 0 Å². The van der Waals surface area contributed by atoms with E-state index in [1.165, 1.54) is 5.56 Å². The van der Waals surface area contributed by atoms with Crippen molar-refractivity contribution in [3.05, 3.63) is 41.9 Å². The van der Waals surface area contributed by atoms with Crippen molar-refractivity contribution in [2.75, 3.05) is 5.32 Å². The van der Waals surface area contributed by atoms with Gasteiger partial charge in [0.2, 0.25) is 0 Å². The third-order valence-corrected chi connectivity index (χ3v) is 2.14. The number of hydrogen-bond donors (Lipinski definition) is 1. The van der Waals surface area contributed by atoms with Crippen LogP contribution in [0.3, 0.4) is 0 Å². The molecule has 2 aromatic heterocycles. The van der Waals surface area contributed by atoms with Crippen molar-refractivity contribution in [3.63, 3.8) is 0 Å². The van der Waals surface area contributed by atoms with E-state index < -0.39 is 0 Å². The summed E-state index contributed by atoms with van der Waals surface area (Å²) in [5, 5.41) is 7.34. The molecular formula is C11H14N4. The Morgan fingerprint density at radius 2 is 2.20 bits per heavy atom. The second-order valence-corrected chi connectivity index (χ2v) is 3.60. The van der Waals surface area contributed by atoms with Crippen LogP contribution < -0.4 is 5.32 Å². The molecule has 4 heteroatoms. The van der Waals surface area contributed by atoms with E-state index >= 15 is 0 Å². The number of nitrogens with zero attached hydrogens (tertiary/aromatic N) is 3. The molecule has 0 aliphatic carbocycles. The first-order chi connectivity index (χ1) is 7.24. The first-order valence-electron chi connectivity index (χ1n) is 4.88. The van der Waals surface area contributed by atoms with Crippen molar-refractivity contribution in [2.24, 2.45) is 7.05 Å². The molecular weight excluding hydrogens is 188 g/mol. The fourth-order valence-corrected chi connectivity index (χ4v) is 1.33. The molecule has 0 saturated carbocycles. The molecule has 0 aliphatic heterocycles. The summed E-state index contributed by atoms with van der Waals surface area (Å²) in [6.07, 6.45) is 5.69. The summed E-state index contributed by atoms with van der Waals surface area (Å²) in [5.41, 5.74) is 2.32. The number of pyridine rings is 1. The molecule has 4 nitrogen and oxygen atoms in total. The standard InChI is InChI=1S/C11H14N4/c1-9-3-4-11(12-5-9)13-6-10-7-14-15(2)8-10/h3-5,7-8H,6H2,1-2H3,(H,12,13). The fraction of sp³-hybridized carbons (Fsp3) is 0.273. The van der Waals surface area contributed by atoms with Crippen molar-refractivity contribution in [1.82, 2.24) is 14.8 Å². The van der Waals surface area contributed by atoms with Crippen molar-refractivity contribution >= 4 is 5.82 Å².